The van der Waals surface area contributed by atoms with Gasteiger partial charge in [-0.1, -0.05) is 25.1 Å². The van der Waals surface area contributed by atoms with Gasteiger partial charge in [0.15, 0.2) is 0 Å². The van der Waals surface area contributed by atoms with Gasteiger partial charge in [-0.2, -0.15) is 0 Å². The summed E-state index contributed by atoms with van der Waals surface area (Å²) < 4.78 is 28.5. The van der Waals surface area contributed by atoms with Gasteiger partial charge in [0, 0.05) is 12.3 Å². The molecule has 0 bridgehead atoms. The summed E-state index contributed by atoms with van der Waals surface area (Å²) in [4.78, 5) is 0. The second-order valence-electron chi connectivity index (χ2n) is 5.12. The molecular formula is C14H21NO3S. The van der Waals surface area contributed by atoms with Crippen LogP contribution in [0.4, 0.5) is 0 Å². The lowest BCUT2D eigenvalue weighted by Crippen LogP contribution is -2.28. The van der Waals surface area contributed by atoms with Gasteiger partial charge in [0.25, 0.3) is 0 Å². The molecule has 0 amide bonds. The fourth-order valence-corrected chi connectivity index (χ4v) is 3.22. The maximum atomic E-state index is 11.5. The van der Waals surface area contributed by atoms with Crippen molar-refractivity contribution in [3.63, 3.8) is 0 Å². The van der Waals surface area contributed by atoms with Crippen molar-refractivity contribution in [2.24, 2.45) is 0 Å². The first-order valence-electron chi connectivity index (χ1n) is 6.60. The molecule has 1 aliphatic heterocycles. The molecule has 1 atom stereocenters. The highest BCUT2D eigenvalue weighted by Crippen LogP contribution is 2.24. The van der Waals surface area contributed by atoms with Crippen LogP contribution in [0.5, 0.6) is 0 Å². The Morgan fingerprint density at radius 2 is 2.05 bits per heavy atom. The molecule has 1 unspecified atom stereocenters. The number of benzene rings is 1. The Kier molecular flexibility index (Phi) is 4.60. The summed E-state index contributed by atoms with van der Waals surface area (Å²) in [5, 5.41) is 3.31. The van der Waals surface area contributed by atoms with E-state index >= 15 is 0 Å². The van der Waals surface area contributed by atoms with Gasteiger partial charge in [-0.05, 0) is 29.7 Å². The van der Waals surface area contributed by atoms with E-state index in [0.717, 1.165) is 18.5 Å². The molecule has 1 aromatic carbocycles. The second-order valence-corrected chi connectivity index (χ2v) is 7.30. The van der Waals surface area contributed by atoms with E-state index in [1.165, 1.54) is 17.4 Å². The van der Waals surface area contributed by atoms with Crippen LogP contribution in [0.25, 0.3) is 0 Å². The van der Waals surface area contributed by atoms with Crippen molar-refractivity contribution in [2.75, 3.05) is 18.6 Å². The van der Waals surface area contributed by atoms with Crippen LogP contribution < -0.4 is 5.32 Å². The van der Waals surface area contributed by atoms with Crippen molar-refractivity contribution in [3.8, 4) is 0 Å². The molecule has 0 spiro atoms. The molecule has 0 fully saturated rings. The Hall–Kier alpha value is -0.910. The van der Waals surface area contributed by atoms with E-state index in [1.54, 1.807) is 0 Å². The van der Waals surface area contributed by atoms with Crippen LogP contribution in [0.1, 0.15) is 36.1 Å². The lowest BCUT2D eigenvalue weighted by molar-refractivity contribution is 0.134. The van der Waals surface area contributed by atoms with Crippen molar-refractivity contribution >= 4 is 9.84 Å². The zero-order valence-corrected chi connectivity index (χ0v) is 12.3. The first kappa shape index (κ1) is 14.5. The van der Waals surface area contributed by atoms with Crippen molar-refractivity contribution in [1.29, 1.82) is 0 Å². The lowest BCUT2D eigenvalue weighted by Gasteiger charge is -2.18. The Morgan fingerprint density at radius 3 is 2.74 bits per heavy atom. The predicted octanol–water partition coefficient (Wildman–Crippen LogP) is 1.80. The summed E-state index contributed by atoms with van der Waals surface area (Å²) >= 11 is 0. The number of rotatable bonds is 6. The Bertz CT molecular complexity index is 540. The first-order valence-corrected chi connectivity index (χ1v) is 8.66. The van der Waals surface area contributed by atoms with Gasteiger partial charge in [0.05, 0.1) is 19.0 Å². The topological polar surface area (TPSA) is 55.4 Å². The normalized spacial score (nSPS) is 16.3. The van der Waals surface area contributed by atoms with Gasteiger partial charge >= 0.3 is 0 Å². The lowest BCUT2D eigenvalue weighted by atomic mass is 10.0. The van der Waals surface area contributed by atoms with Crippen molar-refractivity contribution in [1.82, 2.24) is 5.32 Å². The van der Waals surface area contributed by atoms with E-state index in [2.05, 4.69) is 18.3 Å². The fourth-order valence-electron chi connectivity index (χ4n) is 2.30. The van der Waals surface area contributed by atoms with E-state index < -0.39 is 9.84 Å². The number of ether oxygens (including phenoxy) is 1. The van der Waals surface area contributed by atoms with Crippen LogP contribution in [0.3, 0.4) is 0 Å². The SMILES string of the molecule is CCCNC(CS(C)(=O)=O)c1ccc2c(c1)COC2. The van der Waals surface area contributed by atoms with Crippen LogP contribution in [-0.2, 0) is 27.8 Å². The molecule has 0 aromatic heterocycles. The molecule has 1 N–H and O–H groups in total. The maximum absolute atomic E-state index is 11.5. The second kappa shape index (κ2) is 6.03. The summed E-state index contributed by atoms with van der Waals surface area (Å²) in [6.07, 6.45) is 2.26. The van der Waals surface area contributed by atoms with Crippen LogP contribution in [-0.4, -0.2) is 27.0 Å². The quantitative estimate of drug-likeness (QED) is 0.865. The summed E-state index contributed by atoms with van der Waals surface area (Å²) in [7, 11) is -3.01. The average Bonchev–Trinajstić information content (AvgIpc) is 2.80. The molecule has 2 rings (SSSR count). The molecule has 0 aliphatic carbocycles. The molecule has 1 heterocycles. The zero-order chi connectivity index (χ0) is 13.9. The zero-order valence-electron chi connectivity index (χ0n) is 11.5. The molecule has 106 valence electrons. The standard InChI is InChI=1S/C14H21NO3S/c1-3-6-15-14(10-19(2,16)17)11-4-5-12-8-18-9-13(12)7-11/h4-5,7,14-15H,3,6,8-10H2,1-2H3. The van der Waals surface area contributed by atoms with Crippen molar-refractivity contribution < 1.29 is 13.2 Å². The highest BCUT2D eigenvalue weighted by molar-refractivity contribution is 7.90. The minimum Gasteiger partial charge on any atom is -0.372 e. The minimum absolute atomic E-state index is 0.132. The minimum atomic E-state index is -3.01. The van der Waals surface area contributed by atoms with E-state index in [4.69, 9.17) is 4.74 Å². The van der Waals surface area contributed by atoms with Crippen LogP contribution in [0.15, 0.2) is 18.2 Å². The largest absolute Gasteiger partial charge is 0.372 e. The van der Waals surface area contributed by atoms with Gasteiger partial charge in [-0.25, -0.2) is 8.42 Å². The van der Waals surface area contributed by atoms with E-state index in [1.807, 2.05) is 12.1 Å². The van der Waals surface area contributed by atoms with E-state index in [9.17, 15) is 8.42 Å². The van der Waals surface area contributed by atoms with Crippen LogP contribution in [0, 0.1) is 0 Å². The highest BCUT2D eigenvalue weighted by Gasteiger charge is 2.19. The smallest absolute Gasteiger partial charge is 0.149 e. The maximum Gasteiger partial charge on any atom is 0.149 e. The number of sulfone groups is 1. The fraction of sp³-hybridized carbons (Fsp3) is 0.571. The van der Waals surface area contributed by atoms with Gasteiger partial charge in [-0.3, -0.25) is 0 Å². The third kappa shape index (κ3) is 4.03. The van der Waals surface area contributed by atoms with Crippen LogP contribution >= 0.6 is 0 Å². The number of nitrogens with one attached hydrogen (secondary N) is 1. The monoisotopic (exact) mass is 283 g/mol. The molecule has 5 heteroatoms. The molecule has 1 aromatic rings. The van der Waals surface area contributed by atoms with Gasteiger partial charge in [0.2, 0.25) is 0 Å². The van der Waals surface area contributed by atoms with E-state index in [0.29, 0.717) is 13.2 Å². The number of hydrogen-bond donors (Lipinski definition) is 1. The highest BCUT2D eigenvalue weighted by atomic mass is 32.2. The van der Waals surface area contributed by atoms with E-state index in [-0.39, 0.29) is 11.8 Å². The third-order valence-corrected chi connectivity index (χ3v) is 4.20. The summed E-state index contributed by atoms with van der Waals surface area (Å²) in [5.74, 6) is 0.132. The van der Waals surface area contributed by atoms with Crippen molar-refractivity contribution in [2.45, 2.75) is 32.6 Å². The molecular weight excluding hydrogens is 262 g/mol. The van der Waals surface area contributed by atoms with Gasteiger partial charge < -0.3 is 10.1 Å². The molecule has 0 saturated heterocycles. The molecule has 0 saturated carbocycles. The number of hydrogen-bond acceptors (Lipinski definition) is 4. The van der Waals surface area contributed by atoms with Gasteiger partial charge in [-0.15, -0.1) is 0 Å². The Labute approximate surface area is 115 Å². The average molecular weight is 283 g/mol. The van der Waals surface area contributed by atoms with Crippen LogP contribution in [0.2, 0.25) is 0 Å². The molecule has 4 nitrogen and oxygen atoms in total. The Morgan fingerprint density at radius 1 is 1.32 bits per heavy atom. The van der Waals surface area contributed by atoms with Crippen molar-refractivity contribution in [3.05, 3.63) is 34.9 Å². The third-order valence-electron chi connectivity index (χ3n) is 3.26. The van der Waals surface area contributed by atoms with Gasteiger partial charge in [0.1, 0.15) is 9.84 Å². The predicted molar refractivity (Wildman–Crippen MR) is 75.7 cm³/mol. The summed E-state index contributed by atoms with van der Waals surface area (Å²) in [6, 6.07) is 5.98. The molecule has 1 aliphatic rings. The molecule has 0 radical (unpaired) electrons. The first-order chi connectivity index (χ1) is 8.99. The Balaban J connectivity index is 2.21. The summed E-state index contributed by atoms with van der Waals surface area (Å²) in [5.41, 5.74) is 3.41. The summed E-state index contributed by atoms with van der Waals surface area (Å²) in [6.45, 7) is 4.17. The molecule has 19 heavy (non-hydrogen) atoms. The number of fused-ring (bicyclic) bond motifs is 1.